The van der Waals surface area contributed by atoms with Crippen LogP contribution in [0.15, 0.2) is 29.4 Å². The van der Waals surface area contributed by atoms with Gasteiger partial charge >= 0.3 is 0 Å². The third-order valence-electron chi connectivity index (χ3n) is 4.54. The number of aromatic nitrogens is 5. The molecule has 0 aliphatic heterocycles. The van der Waals surface area contributed by atoms with Crippen LogP contribution < -0.4 is 5.32 Å². The van der Waals surface area contributed by atoms with Crippen LogP contribution in [0.1, 0.15) is 52.9 Å². The number of thioether (sulfide) groups is 1. The van der Waals surface area contributed by atoms with Gasteiger partial charge in [0.05, 0.1) is 16.6 Å². The molecule has 156 valence electrons. The van der Waals surface area contributed by atoms with Crippen molar-refractivity contribution in [2.75, 3.05) is 5.32 Å². The highest BCUT2D eigenvalue weighted by Gasteiger charge is 2.26. The second-order valence-corrected chi connectivity index (χ2v) is 8.22. The molecule has 1 aromatic carbocycles. The summed E-state index contributed by atoms with van der Waals surface area (Å²) in [5, 5.41) is 14.4. The van der Waals surface area contributed by atoms with E-state index in [0.29, 0.717) is 39.0 Å². The summed E-state index contributed by atoms with van der Waals surface area (Å²) in [5.74, 6) is -0.405. The number of Topliss-reactive ketones (excluding diaryl/α,β-unsaturated/α-hetero) is 2. The van der Waals surface area contributed by atoms with E-state index in [1.165, 1.54) is 30.3 Å². The molecule has 0 aliphatic rings. The molecule has 3 rings (SSSR count). The number of nitrogens with zero attached hydrogens (tertiary/aromatic N) is 4. The van der Waals surface area contributed by atoms with E-state index >= 15 is 0 Å². The third kappa shape index (κ3) is 4.33. The van der Waals surface area contributed by atoms with E-state index < -0.39 is 5.25 Å². The number of benzene rings is 1. The minimum Gasteiger partial charge on any atom is -0.355 e. The summed E-state index contributed by atoms with van der Waals surface area (Å²) >= 11 is 1.21. The summed E-state index contributed by atoms with van der Waals surface area (Å²) in [6.07, 6.45) is 0. The van der Waals surface area contributed by atoms with Gasteiger partial charge in [-0.05, 0) is 61.9 Å². The van der Waals surface area contributed by atoms with Gasteiger partial charge in [-0.1, -0.05) is 17.8 Å². The number of H-pyrrole nitrogens is 1. The van der Waals surface area contributed by atoms with Crippen molar-refractivity contribution >= 4 is 34.9 Å². The number of aromatic amines is 1. The first-order valence-electron chi connectivity index (χ1n) is 9.26. The number of hydrogen-bond donors (Lipinski definition) is 2. The van der Waals surface area contributed by atoms with Gasteiger partial charge in [-0.15, -0.1) is 5.10 Å². The molecule has 2 aromatic heterocycles. The van der Waals surface area contributed by atoms with Crippen molar-refractivity contribution < 1.29 is 14.4 Å². The van der Waals surface area contributed by atoms with Crippen LogP contribution in [0.25, 0.3) is 5.69 Å². The van der Waals surface area contributed by atoms with E-state index in [2.05, 4.69) is 25.8 Å². The molecule has 0 aliphatic carbocycles. The number of carbonyl (C=O) groups excluding carboxylic acids is 3. The standard InChI is InChI=1S/C20H22N6O3S/c1-10-17(12(3)27)11(2)21-18(10)19(29)13(4)30-20-23-24-25-26(20)16-8-6-7-15(9-16)22-14(5)28/h6-9,13,21H,1-5H3,(H,22,28). The highest BCUT2D eigenvalue weighted by atomic mass is 32.2. The van der Waals surface area contributed by atoms with Crippen LogP contribution in [0.4, 0.5) is 5.69 Å². The van der Waals surface area contributed by atoms with Crippen LogP contribution in [-0.4, -0.2) is 47.9 Å². The number of amides is 1. The average molecular weight is 427 g/mol. The lowest BCUT2D eigenvalue weighted by Crippen LogP contribution is -2.16. The van der Waals surface area contributed by atoms with Gasteiger partial charge in [0, 0.05) is 23.9 Å². The topological polar surface area (TPSA) is 123 Å². The summed E-state index contributed by atoms with van der Waals surface area (Å²) < 4.78 is 1.51. The van der Waals surface area contributed by atoms with Gasteiger partial charge in [-0.3, -0.25) is 14.4 Å². The first-order valence-corrected chi connectivity index (χ1v) is 10.1. The number of nitrogens with one attached hydrogen (secondary N) is 2. The molecule has 2 N–H and O–H groups in total. The zero-order chi connectivity index (χ0) is 22.0. The second kappa shape index (κ2) is 8.62. The molecule has 1 atom stereocenters. The number of anilines is 1. The fourth-order valence-electron chi connectivity index (χ4n) is 3.27. The average Bonchev–Trinajstić information content (AvgIpc) is 3.24. The van der Waals surface area contributed by atoms with Crippen molar-refractivity contribution in [1.29, 1.82) is 0 Å². The molecule has 1 amide bonds. The number of tetrazole rings is 1. The molecular weight excluding hydrogens is 404 g/mol. The molecule has 3 aromatic rings. The summed E-state index contributed by atoms with van der Waals surface area (Å²) in [4.78, 5) is 39.2. The smallest absolute Gasteiger partial charge is 0.221 e. The Bertz CT molecular complexity index is 1130. The van der Waals surface area contributed by atoms with Crippen LogP contribution in [0, 0.1) is 13.8 Å². The number of carbonyl (C=O) groups is 3. The molecular formula is C20H22N6O3S. The first kappa shape index (κ1) is 21.4. The maximum absolute atomic E-state index is 13.0. The Morgan fingerprint density at radius 2 is 1.93 bits per heavy atom. The Balaban J connectivity index is 1.84. The minimum atomic E-state index is -0.496. The second-order valence-electron chi connectivity index (χ2n) is 6.91. The van der Waals surface area contributed by atoms with E-state index in [1.54, 1.807) is 45.0 Å². The molecule has 0 bridgehead atoms. The maximum atomic E-state index is 13.0. The number of aryl methyl sites for hydroxylation is 1. The van der Waals surface area contributed by atoms with E-state index in [0.717, 1.165) is 0 Å². The lowest BCUT2D eigenvalue weighted by molar-refractivity contribution is -0.114. The predicted octanol–water partition coefficient (Wildman–Crippen LogP) is 3.13. The molecule has 30 heavy (non-hydrogen) atoms. The number of ketones is 2. The Kier molecular flexibility index (Phi) is 6.16. The maximum Gasteiger partial charge on any atom is 0.221 e. The SMILES string of the molecule is CC(=O)Nc1cccc(-n2nnnc2SC(C)C(=O)c2[nH]c(C)c(C(C)=O)c2C)c1. The fraction of sp³-hybridized carbons (Fsp3) is 0.300. The molecule has 9 nitrogen and oxygen atoms in total. The normalized spacial score (nSPS) is 11.9. The van der Waals surface area contributed by atoms with E-state index in [1.807, 2.05) is 0 Å². The summed E-state index contributed by atoms with van der Waals surface area (Å²) in [7, 11) is 0. The summed E-state index contributed by atoms with van der Waals surface area (Å²) in [6.45, 7) is 8.23. The third-order valence-corrected chi connectivity index (χ3v) is 5.57. The largest absolute Gasteiger partial charge is 0.355 e. The molecule has 0 saturated heterocycles. The minimum absolute atomic E-state index is 0.0800. The molecule has 0 saturated carbocycles. The van der Waals surface area contributed by atoms with Crippen molar-refractivity contribution in [3.8, 4) is 5.69 Å². The molecule has 10 heteroatoms. The van der Waals surface area contributed by atoms with Gasteiger partial charge in [-0.2, -0.15) is 4.68 Å². The number of hydrogen-bond acceptors (Lipinski definition) is 7. The zero-order valence-corrected chi connectivity index (χ0v) is 18.1. The quantitative estimate of drug-likeness (QED) is 0.439. The van der Waals surface area contributed by atoms with Gasteiger partial charge in [-0.25, -0.2) is 0 Å². The van der Waals surface area contributed by atoms with Crippen LogP contribution in [-0.2, 0) is 4.79 Å². The van der Waals surface area contributed by atoms with Crippen molar-refractivity contribution in [2.24, 2.45) is 0 Å². The highest BCUT2D eigenvalue weighted by molar-refractivity contribution is 8.00. The van der Waals surface area contributed by atoms with Gasteiger partial charge in [0.15, 0.2) is 11.6 Å². The molecule has 0 spiro atoms. The zero-order valence-electron chi connectivity index (χ0n) is 17.3. The molecule has 2 heterocycles. The highest BCUT2D eigenvalue weighted by Crippen LogP contribution is 2.28. The van der Waals surface area contributed by atoms with Crippen molar-refractivity contribution in [3.63, 3.8) is 0 Å². The lowest BCUT2D eigenvalue weighted by Gasteiger charge is -2.11. The van der Waals surface area contributed by atoms with Gasteiger partial charge in [0.25, 0.3) is 0 Å². The van der Waals surface area contributed by atoms with Crippen molar-refractivity contribution in [2.45, 2.75) is 45.0 Å². The summed E-state index contributed by atoms with van der Waals surface area (Å²) in [5.41, 5.74) is 3.57. The van der Waals surface area contributed by atoms with Crippen molar-refractivity contribution in [3.05, 3.63) is 46.8 Å². The van der Waals surface area contributed by atoms with E-state index in [-0.39, 0.29) is 17.5 Å². The van der Waals surface area contributed by atoms with Crippen LogP contribution in [0.3, 0.4) is 0 Å². The Labute approximate surface area is 177 Å². The van der Waals surface area contributed by atoms with Gasteiger partial charge < -0.3 is 10.3 Å². The lowest BCUT2D eigenvalue weighted by atomic mass is 10.0. The van der Waals surface area contributed by atoms with E-state index in [9.17, 15) is 14.4 Å². The number of rotatable bonds is 7. The molecule has 0 radical (unpaired) electrons. The van der Waals surface area contributed by atoms with Crippen LogP contribution >= 0.6 is 11.8 Å². The first-order chi connectivity index (χ1) is 14.2. The monoisotopic (exact) mass is 426 g/mol. The molecule has 0 fully saturated rings. The Morgan fingerprint density at radius 1 is 1.20 bits per heavy atom. The predicted molar refractivity (Wildman–Crippen MR) is 113 cm³/mol. The fourth-order valence-corrected chi connectivity index (χ4v) is 4.14. The van der Waals surface area contributed by atoms with Crippen molar-refractivity contribution in [1.82, 2.24) is 25.2 Å². The Hall–Kier alpha value is -3.27. The van der Waals surface area contributed by atoms with Crippen LogP contribution in [0.2, 0.25) is 0 Å². The van der Waals surface area contributed by atoms with Gasteiger partial charge in [0.2, 0.25) is 11.1 Å². The van der Waals surface area contributed by atoms with Crippen LogP contribution in [0.5, 0.6) is 0 Å². The Morgan fingerprint density at radius 3 is 2.57 bits per heavy atom. The summed E-state index contributed by atoms with van der Waals surface area (Å²) in [6, 6.07) is 7.08. The molecule has 1 unspecified atom stereocenters. The van der Waals surface area contributed by atoms with Gasteiger partial charge in [0.1, 0.15) is 0 Å². The van der Waals surface area contributed by atoms with E-state index in [4.69, 9.17) is 0 Å².